The van der Waals surface area contributed by atoms with Gasteiger partial charge in [0.2, 0.25) is 0 Å². The van der Waals surface area contributed by atoms with Crippen molar-refractivity contribution >= 4 is 62.3 Å². The molecule has 0 fully saturated rings. The molecule has 4 rings (SSSR count). The van der Waals surface area contributed by atoms with E-state index < -0.39 is 11.9 Å². The lowest BCUT2D eigenvalue weighted by molar-refractivity contribution is -0.138. The van der Waals surface area contributed by atoms with Crippen LogP contribution in [0.15, 0.2) is 92.4 Å². The molecule has 38 heavy (non-hydrogen) atoms. The average Bonchev–Trinajstić information content (AvgIpc) is 3.19. The lowest BCUT2D eigenvalue weighted by Gasteiger charge is -2.11. The number of hydrogen-bond donors (Lipinski definition) is 1. The molecule has 0 bridgehead atoms. The predicted molar refractivity (Wildman–Crippen MR) is 150 cm³/mol. The summed E-state index contributed by atoms with van der Waals surface area (Å²) in [6.45, 7) is 1.66. The van der Waals surface area contributed by atoms with E-state index in [2.05, 4.69) is 20.9 Å². The normalized spacial score (nSPS) is 15.3. The lowest BCUT2D eigenvalue weighted by Crippen LogP contribution is -2.14. The molecule has 0 unspecified atom stereocenters. The Hall–Kier alpha value is -3.40. The van der Waals surface area contributed by atoms with Crippen LogP contribution in [0.25, 0.3) is 6.08 Å². The van der Waals surface area contributed by atoms with Gasteiger partial charge in [0.1, 0.15) is 34.5 Å². The molecular weight excluding hydrogens is 597 g/mol. The van der Waals surface area contributed by atoms with Gasteiger partial charge in [0, 0.05) is 15.6 Å². The molecule has 1 aliphatic rings. The second kappa shape index (κ2) is 12.4. The Kier molecular flexibility index (Phi) is 9.04. The molecule has 3 aromatic carbocycles. The van der Waals surface area contributed by atoms with Crippen molar-refractivity contribution in [3.05, 3.63) is 115 Å². The van der Waals surface area contributed by atoms with Crippen LogP contribution >= 0.6 is 39.3 Å². The third kappa shape index (κ3) is 6.35. The van der Waals surface area contributed by atoms with E-state index in [4.69, 9.17) is 21.1 Å². The number of aliphatic imine (C=N–C) groups is 1. The fraction of sp³-hybridized carbons (Fsp3) is 0.107. The molecule has 0 saturated carbocycles. The summed E-state index contributed by atoms with van der Waals surface area (Å²) in [6, 6.07) is 17.9. The molecule has 6 nitrogen and oxygen atoms in total. The molecule has 0 aromatic heterocycles. The average molecular weight is 617 g/mol. The van der Waals surface area contributed by atoms with Crippen molar-refractivity contribution in [2.45, 2.75) is 13.5 Å². The molecule has 3 aromatic rings. The minimum atomic E-state index is -0.822. The van der Waals surface area contributed by atoms with Crippen LogP contribution in [0.2, 0.25) is 5.02 Å². The van der Waals surface area contributed by atoms with E-state index in [1.807, 2.05) is 0 Å². The third-order valence-corrected chi connectivity index (χ3v) is 7.12. The summed E-state index contributed by atoms with van der Waals surface area (Å²) in [5.74, 6) is -1.87. The maximum atomic E-state index is 14.1. The van der Waals surface area contributed by atoms with Crippen LogP contribution in [0, 0.1) is 5.82 Å². The zero-order chi connectivity index (χ0) is 27.2. The number of nitrogens with zero attached hydrogens (tertiary/aromatic N) is 1. The van der Waals surface area contributed by atoms with E-state index in [1.165, 1.54) is 12.1 Å². The van der Waals surface area contributed by atoms with Crippen LogP contribution in [0.4, 0.5) is 4.39 Å². The predicted octanol–water partition coefficient (Wildman–Crippen LogP) is 7.52. The summed E-state index contributed by atoms with van der Waals surface area (Å²) in [5.41, 5.74) is 0.835. The summed E-state index contributed by atoms with van der Waals surface area (Å²) in [7, 11) is 0. The highest BCUT2D eigenvalue weighted by Gasteiger charge is 2.34. The maximum absolute atomic E-state index is 14.1. The number of thioether (sulfide) groups is 1. The highest BCUT2D eigenvalue weighted by Crippen LogP contribution is 2.41. The first kappa shape index (κ1) is 27.6. The first-order valence-corrected chi connectivity index (χ1v) is 13.3. The second-order valence-electron chi connectivity index (χ2n) is 7.82. The Morgan fingerprint density at radius 3 is 2.61 bits per heavy atom. The first-order valence-electron chi connectivity index (χ1n) is 11.3. The molecule has 0 radical (unpaired) electrons. The Labute approximate surface area is 236 Å². The summed E-state index contributed by atoms with van der Waals surface area (Å²) < 4.78 is 25.8. The van der Waals surface area contributed by atoms with Crippen molar-refractivity contribution in [2.75, 3.05) is 6.61 Å². The minimum Gasteiger partial charge on any atom is -0.506 e. The molecular formula is C28H20BrClFNO5S. The Morgan fingerprint density at radius 1 is 1.13 bits per heavy atom. The van der Waals surface area contributed by atoms with Gasteiger partial charge in [0.15, 0.2) is 0 Å². The smallest absolute Gasteiger partial charge is 0.344 e. The standard InChI is InChI=1S/C28H20BrClFNO5S/c1-2-36-28(35)24-25(33)23(38-27(24)32-26(34)19-8-4-5-9-20(19)30)14-17-13-18(29)11-12-22(17)37-15-16-7-3-6-10-21(16)31/h3-14,33H,2,15H2,1H3/b23-14-,32-27?. The van der Waals surface area contributed by atoms with Crippen LogP contribution in [0.1, 0.15) is 28.4 Å². The highest BCUT2D eigenvalue weighted by atomic mass is 79.9. The quantitative estimate of drug-likeness (QED) is 0.276. The number of rotatable bonds is 7. The highest BCUT2D eigenvalue weighted by molar-refractivity contribution is 9.10. The fourth-order valence-electron chi connectivity index (χ4n) is 3.45. The summed E-state index contributed by atoms with van der Waals surface area (Å²) in [5, 5.41) is 11.2. The Balaban J connectivity index is 1.71. The molecule has 1 heterocycles. The van der Waals surface area contributed by atoms with Crippen molar-refractivity contribution in [1.29, 1.82) is 0 Å². The SMILES string of the molecule is CCOC(=O)C1=C(O)/C(=C/c2cc(Br)ccc2OCc2ccccc2F)SC1=NC(=O)c1ccccc1Cl. The van der Waals surface area contributed by atoms with Crippen LogP contribution in [0.3, 0.4) is 0 Å². The zero-order valence-electron chi connectivity index (χ0n) is 19.9. The number of ether oxygens (including phenoxy) is 2. The Morgan fingerprint density at radius 2 is 1.87 bits per heavy atom. The minimum absolute atomic E-state index is 0.0213. The second-order valence-corrected chi connectivity index (χ2v) is 10.2. The molecule has 0 spiro atoms. The largest absolute Gasteiger partial charge is 0.506 e. The molecule has 0 saturated heterocycles. The summed E-state index contributed by atoms with van der Waals surface area (Å²) in [4.78, 5) is 29.9. The van der Waals surface area contributed by atoms with Crippen LogP contribution < -0.4 is 4.74 Å². The van der Waals surface area contributed by atoms with Crippen LogP contribution in [-0.2, 0) is 16.1 Å². The van der Waals surface area contributed by atoms with Crippen LogP contribution in [-0.4, -0.2) is 28.6 Å². The third-order valence-electron chi connectivity index (χ3n) is 5.28. The number of halogens is 3. The molecule has 1 amide bonds. The van der Waals surface area contributed by atoms with Crippen molar-refractivity contribution in [1.82, 2.24) is 0 Å². The van der Waals surface area contributed by atoms with Gasteiger partial charge in [-0.05, 0) is 49.4 Å². The van der Waals surface area contributed by atoms with Gasteiger partial charge in [-0.2, -0.15) is 0 Å². The lowest BCUT2D eigenvalue weighted by atomic mass is 10.1. The molecule has 0 aliphatic carbocycles. The van der Waals surface area contributed by atoms with Gasteiger partial charge in [0.25, 0.3) is 5.91 Å². The van der Waals surface area contributed by atoms with Gasteiger partial charge in [-0.1, -0.05) is 69.6 Å². The molecule has 194 valence electrons. The molecule has 1 aliphatic heterocycles. The van der Waals surface area contributed by atoms with E-state index in [0.29, 0.717) is 16.9 Å². The van der Waals surface area contributed by atoms with Crippen molar-refractivity contribution in [3.63, 3.8) is 0 Å². The van der Waals surface area contributed by atoms with E-state index in [0.717, 1.165) is 16.2 Å². The molecule has 0 atom stereocenters. The van der Waals surface area contributed by atoms with Gasteiger partial charge in [-0.15, -0.1) is 0 Å². The van der Waals surface area contributed by atoms with E-state index in [9.17, 15) is 19.1 Å². The van der Waals surface area contributed by atoms with E-state index in [-0.39, 0.29) is 50.9 Å². The van der Waals surface area contributed by atoms with E-state index in [1.54, 1.807) is 67.6 Å². The van der Waals surface area contributed by atoms with Gasteiger partial charge in [-0.25, -0.2) is 14.2 Å². The van der Waals surface area contributed by atoms with Gasteiger partial charge < -0.3 is 14.6 Å². The number of amides is 1. The number of benzene rings is 3. The maximum Gasteiger partial charge on any atom is 0.344 e. The number of aliphatic hydroxyl groups excluding tert-OH is 1. The van der Waals surface area contributed by atoms with E-state index >= 15 is 0 Å². The zero-order valence-corrected chi connectivity index (χ0v) is 23.1. The van der Waals surface area contributed by atoms with Crippen LogP contribution in [0.5, 0.6) is 5.75 Å². The number of aliphatic hydroxyl groups is 1. The van der Waals surface area contributed by atoms with Gasteiger partial charge in [0.05, 0.1) is 22.1 Å². The van der Waals surface area contributed by atoms with Gasteiger partial charge in [-0.3, -0.25) is 4.79 Å². The van der Waals surface area contributed by atoms with Crippen molar-refractivity contribution in [2.24, 2.45) is 4.99 Å². The Bertz CT molecular complexity index is 1500. The first-order chi connectivity index (χ1) is 18.3. The number of hydrogen-bond acceptors (Lipinski definition) is 6. The van der Waals surface area contributed by atoms with Crippen molar-refractivity contribution in [3.8, 4) is 5.75 Å². The molecule has 1 N–H and O–H groups in total. The van der Waals surface area contributed by atoms with Crippen molar-refractivity contribution < 1.29 is 28.6 Å². The summed E-state index contributed by atoms with van der Waals surface area (Å²) in [6.07, 6.45) is 1.59. The summed E-state index contributed by atoms with van der Waals surface area (Å²) >= 11 is 10.5. The number of carbonyl (C=O) groups is 2. The topological polar surface area (TPSA) is 85.2 Å². The fourth-order valence-corrected chi connectivity index (χ4v) is 5.05. The number of esters is 1. The van der Waals surface area contributed by atoms with Gasteiger partial charge >= 0.3 is 5.97 Å². The molecule has 10 heteroatoms. The number of carbonyl (C=O) groups excluding carboxylic acids is 2. The monoisotopic (exact) mass is 615 g/mol.